The molecule has 3 fully saturated rings. The zero-order valence-electron chi connectivity index (χ0n) is 28.7. The van der Waals surface area contributed by atoms with Crippen molar-refractivity contribution in [3.63, 3.8) is 0 Å². The van der Waals surface area contributed by atoms with Crippen LogP contribution in [0.5, 0.6) is 5.75 Å². The molecule has 5 heteroatoms. The van der Waals surface area contributed by atoms with Gasteiger partial charge >= 0.3 is 11.6 Å². The summed E-state index contributed by atoms with van der Waals surface area (Å²) >= 11 is 0. The van der Waals surface area contributed by atoms with Crippen LogP contribution in [-0.4, -0.2) is 18.7 Å². The first kappa shape index (κ1) is 32.4. The van der Waals surface area contributed by atoms with Crippen molar-refractivity contribution in [2.45, 2.75) is 125 Å². The minimum Gasteiger partial charge on any atom is -0.482 e. The smallest absolute Gasteiger partial charge is 0.344 e. The Morgan fingerprint density at radius 2 is 1.84 bits per heavy atom. The Morgan fingerprint density at radius 1 is 1.02 bits per heavy atom. The summed E-state index contributed by atoms with van der Waals surface area (Å²) in [6, 6.07) is 6.92. The van der Waals surface area contributed by atoms with Crippen LogP contribution < -0.4 is 10.4 Å². The number of rotatable bonds is 10. The molecule has 8 unspecified atom stereocenters. The number of allylic oxidation sites excluding steroid dienone is 1. The molecule has 0 aliphatic heterocycles. The van der Waals surface area contributed by atoms with Gasteiger partial charge in [-0.15, -0.1) is 0 Å². The lowest BCUT2D eigenvalue weighted by atomic mass is 9.47. The summed E-state index contributed by atoms with van der Waals surface area (Å²) in [5, 5.41) is 0.891. The highest BCUT2D eigenvalue weighted by molar-refractivity contribution is 5.81. The molecule has 0 N–H and O–H groups in total. The third kappa shape index (κ3) is 6.26. The van der Waals surface area contributed by atoms with Crippen LogP contribution in [0.3, 0.4) is 0 Å². The van der Waals surface area contributed by atoms with Gasteiger partial charge in [0.05, 0.1) is 0 Å². The van der Waals surface area contributed by atoms with Crippen molar-refractivity contribution < 1.29 is 18.7 Å². The van der Waals surface area contributed by atoms with Crippen LogP contribution in [0, 0.1) is 46.3 Å². The van der Waals surface area contributed by atoms with Gasteiger partial charge in [0.1, 0.15) is 17.4 Å². The number of carbonyl (C=O) groups excluding carboxylic acids is 1. The quantitative estimate of drug-likeness (QED) is 0.151. The molecule has 0 spiro atoms. The first-order valence-corrected chi connectivity index (χ1v) is 18.1. The minimum atomic E-state index is -0.375. The molecular weight excluding hydrogens is 560 g/mol. The van der Waals surface area contributed by atoms with E-state index in [0.717, 1.165) is 72.1 Å². The number of hydrogen-bond donors (Lipinski definition) is 0. The summed E-state index contributed by atoms with van der Waals surface area (Å²) in [5.74, 6) is 5.11. The normalized spacial score (nSPS) is 33.2. The summed E-state index contributed by atoms with van der Waals surface area (Å²) in [7, 11) is 0. The summed E-state index contributed by atoms with van der Waals surface area (Å²) in [4.78, 5) is 24.8. The van der Waals surface area contributed by atoms with Crippen LogP contribution in [0.4, 0.5) is 0 Å². The Morgan fingerprint density at radius 3 is 2.62 bits per heavy atom. The molecule has 0 radical (unpaired) electrons. The molecular formula is C40H56O5. The number of aryl methyl sites for hydroxylation is 1. The average molecular weight is 617 g/mol. The van der Waals surface area contributed by atoms with E-state index in [1.807, 2.05) is 19.1 Å². The lowest BCUT2D eigenvalue weighted by Gasteiger charge is -2.58. The van der Waals surface area contributed by atoms with E-state index >= 15 is 0 Å². The lowest BCUT2D eigenvalue weighted by Crippen LogP contribution is -2.51. The Hall–Kier alpha value is -2.56. The third-order valence-electron chi connectivity index (χ3n) is 13.1. The predicted molar refractivity (Wildman–Crippen MR) is 180 cm³/mol. The fourth-order valence-corrected chi connectivity index (χ4v) is 10.7. The SMILES string of the molecule is CCc1cc(=O)oc2cc(OCC(=O)OC3CCC4(C)C(=CCC5C4CCC4(C)C(C(C)CCCC(C)C)CCC54)C3)ccc12. The van der Waals surface area contributed by atoms with Crippen LogP contribution in [-0.2, 0) is 16.0 Å². The standard InChI is InChI=1S/C40H56O5/c1-7-27-21-37(41)45-36-23-29(12-14-31(27)36)43-24-38(42)44-30-17-19-39(5)28(22-30)11-13-32-34-16-15-33(26(4)10-8-9-25(2)3)40(34,6)20-18-35(32)39/h11-12,14,21,23,25-26,30,32-35H,7-10,13,15-20,22,24H2,1-6H3. The van der Waals surface area contributed by atoms with E-state index < -0.39 is 0 Å². The Balaban J connectivity index is 1.05. The van der Waals surface area contributed by atoms with Crippen molar-refractivity contribution in [1.29, 1.82) is 0 Å². The van der Waals surface area contributed by atoms with E-state index in [4.69, 9.17) is 13.9 Å². The summed E-state index contributed by atoms with van der Waals surface area (Å²) in [6.45, 7) is 14.3. The van der Waals surface area contributed by atoms with E-state index in [0.29, 0.717) is 16.7 Å². The van der Waals surface area contributed by atoms with Gasteiger partial charge in [-0.1, -0.05) is 72.5 Å². The van der Waals surface area contributed by atoms with Crippen molar-refractivity contribution in [2.24, 2.45) is 46.3 Å². The third-order valence-corrected chi connectivity index (χ3v) is 13.1. The average Bonchev–Trinajstić information content (AvgIpc) is 3.36. The number of ether oxygens (including phenoxy) is 2. The van der Waals surface area contributed by atoms with Crippen molar-refractivity contribution >= 4 is 16.9 Å². The number of hydrogen-bond acceptors (Lipinski definition) is 5. The summed E-state index contributed by atoms with van der Waals surface area (Å²) < 4.78 is 17.1. The van der Waals surface area contributed by atoms with Crippen LogP contribution in [0.25, 0.3) is 11.0 Å². The zero-order chi connectivity index (χ0) is 31.9. The maximum atomic E-state index is 12.9. The summed E-state index contributed by atoms with van der Waals surface area (Å²) in [6.07, 6.45) is 17.0. The number of benzene rings is 1. The molecule has 4 aliphatic rings. The number of esters is 1. The highest BCUT2D eigenvalue weighted by Crippen LogP contribution is 2.67. The van der Waals surface area contributed by atoms with E-state index in [2.05, 4.69) is 40.7 Å². The first-order chi connectivity index (χ1) is 21.5. The van der Waals surface area contributed by atoms with Gasteiger partial charge in [0, 0.05) is 23.9 Å². The molecule has 8 atom stereocenters. The fourth-order valence-electron chi connectivity index (χ4n) is 10.7. The van der Waals surface area contributed by atoms with Gasteiger partial charge in [-0.05, 0) is 115 Å². The fraction of sp³-hybridized carbons (Fsp3) is 0.700. The maximum absolute atomic E-state index is 12.9. The molecule has 3 saturated carbocycles. The molecule has 1 aromatic carbocycles. The van der Waals surface area contributed by atoms with E-state index in [-0.39, 0.29) is 29.7 Å². The Kier molecular flexibility index (Phi) is 9.29. The van der Waals surface area contributed by atoms with Crippen LogP contribution in [0.2, 0.25) is 0 Å². The van der Waals surface area contributed by atoms with Crippen LogP contribution in [0.15, 0.2) is 45.1 Å². The Bertz CT molecular complexity index is 1470. The van der Waals surface area contributed by atoms with E-state index in [1.54, 1.807) is 6.07 Å². The minimum absolute atomic E-state index is 0.0879. The van der Waals surface area contributed by atoms with Gasteiger partial charge in [0.25, 0.3) is 0 Å². The van der Waals surface area contributed by atoms with Crippen molar-refractivity contribution in [1.82, 2.24) is 0 Å². The van der Waals surface area contributed by atoms with E-state index in [1.165, 1.54) is 63.0 Å². The molecule has 1 aromatic heterocycles. The molecule has 0 saturated heterocycles. The maximum Gasteiger partial charge on any atom is 0.344 e. The molecule has 6 rings (SSSR count). The van der Waals surface area contributed by atoms with Gasteiger partial charge in [0.2, 0.25) is 0 Å². The molecule has 246 valence electrons. The highest BCUT2D eigenvalue weighted by atomic mass is 16.6. The molecule has 0 amide bonds. The number of fused-ring (bicyclic) bond motifs is 6. The monoisotopic (exact) mass is 616 g/mol. The molecule has 2 aromatic rings. The lowest BCUT2D eigenvalue weighted by molar-refractivity contribution is -0.153. The van der Waals surface area contributed by atoms with Gasteiger partial charge in [0.15, 0.2) is 6.61 Å². The van der Waals surface area contributed by atoms with Crippen molar-refractivity contribution in [2.75, 3.05) is 6.61 Å². The second-order valence-corrected chi connectivity index (χ2v) is 16.0. The predicted octanol–water partition coefficient (Wildman–Crippen LogP) is 9.69. The largest absolute Gasteiger partial charge is 0.482 e. The second-order valence-electron chi connectivity index (χ2n) is 16.0. The Labute approximate surface area is 270 Å². The molecule has 45 heavy (non-hydrogen) atoms. The van der Waals surface area contributed by atoms with E-state index in [9.17, 15) is 9.59 Å². The molecule has 1 heterocycles. The van der Waals surface area contributed by atoms with Gasteiger partial charge < -0.3 is 13.9 Å². The van der Waals surface area contributed by atoms with Crippen molar-refractivity contribution in [3.05, 3.63) is 51.9 Å². The number of carbonyl (C=O) groups is 1. The van der Waals surface area contributed by atoms with Gasteiger partial charge in [-0.3, -0.25) is 0 Å². The van der Waals surface area contributed by atoms with Crippen LogP contribution >= 0.6 is 0 Å². The topological polar surface area (TPSA) is 65.7 Å². The second kappa shape index (κ2) is 12.9. The molecule has 0 bridgehead atoms. The summed E-state index contributed by atoms with van der Waals surface area (Å²) in [5.41, 5.74) is 3.31. The van der Waals surface area contributed by atoms with Crippen molar-refractivity contribution in [3.8, 4) is 5.75 Å². The van der Waals surface area contributed by atoms with Gasteiger partial charge in [-0.2, -0.15) is 0 Å². The first-order valence-electron chi connectivity index (χ1n) is 18.1. The van der Waals surface area contributed by atoms with Gasteiger partial charge in [-0.25, -0.2) is 9.59 Å². The molecule has 4 aliphatic carbocycles. The molecule has 5 nitrogen and oxygen atoms in total. The van der Waals surface area contributed by atoms with Crippen LogP contribution in [0.1, 0.15) is 118 Å². The zero-order valence-corrected chi connectivity index (χ0v) is 28.7. The highest BCUT2D eigenvalue weighted by Gasteiger charge is 2.59.